The van der Waals surface area contributed by atoms with Gasteiger partial charge in [0.2, 0.25) is 0 Å². The zero-order valence-corrected chi connectivity index (χ0v) is 20.4. The number of benzene rings is 1. The van der Waals surface area contributed by atoms with E-state index in [1.165, 1.54) is 57.8 Å². The van der Waals surface area contributed by atoms with Gasteiger partial charge in [0.05, 0.1) is 19.7 Å². The van der Waals surface area contributed by atoms with E-state index in [2.05, 4.69) is 26.1 Å². The van der Waals surface area contributed by atoms with Crippen molar-refractivity contribution >= 4 is 16.7 Å². The molecule has 0 aliphatic heterocycles. The standard InChI is InChI=1S/C26H43N3O2/c1-6-7-8-9-10-11-12-13-14-15-16-27-26-21-18-23(30-4)24(31-5)19-22(21)28-25(29-26)17-20(2)3/h18-20H,6-17H2,1-5H3,(H,27,28,29). The Balaban J connectivity index is 1.92. The van der Waals surface area contributed by atoms with Crippen LogP contribution in [-0.4, -0.2) is 30.7 Å². The van der Waals surface area contributed by atoms with Crippen molar-refractivity contribution in [3.8, 4) is 11.5 Å². The number of unbranched alkanes of at least 4 members (excludes halogenated alkanes) is 9. The van der Waals surface area contributed by atoms with E-state index in [-0.39, 0.29) is 0 Å². The van der Waals surface area contributed by atoms with E-state index in [1.807, 2.05) is 12.1 Å². The number of anilines is 1. The molecule has 0 aliphatic carbocycles. The van der Waals surface area contributed by atoms with Gasteiger partial charge in [-0.15, -0.1) is 0 Å². The lowest BCUT2D eigenvalue weighted by molar-refractivity contribution is 0.356. The van der Waals surface area contributed by atoms with Crippen LogP contribution in [0, 0.1) is 5.92 Å². The topological polar surface area (TPSA) is 56.3 Å². The summed E-state index contributed by atoms with van der Waals surface area (Å²) in [5.41, 5.74) is 0.897. The first-order chi connectivity index (χ1) is 15.1. The van der Waals surface area contributed by atoms with Gasteiger partial charge < -0.3 is 14.8 Å². The molecule has 5 nitrogen and oxygen atoms in total. The molecule has 0 saturated heterocycles. The number of hydrogen-bond donors (Lipinski definition) is 1. The molecule has 0 radical (unpaired) electrons. The van der Waals surface area contributed by atoms with Crippen LogP contribution in [0.4, 0.5) is 5.82 Å². The number of nitrogens with one attached hydrogen (secondary N) is 1. The number of ether oxygens (including phenoxy) is 2. The molecule has 0 fully saturated rings. The lowest BCUT2D eigenvalue weighted by Crippen LogP contribution is -2.09. The van der Waals surface area contributed by atoms with Gasteiger partial charge in [-0.25, -0.2) is 9.97 Å². The average Bonchev–Trinajstić information content (AvgIpc) is 2.76. The lowest BCUT2D eigenvalue weighted by Gasteiger charge is -2.14. The van der Waals surface area contributed by atoms with Crippen LogP contribution in [-0.2, 0) is 6.42 Å². The van der Waals surface area contributed by atoms with Gasteiger partial charge in [0.25, 0.3) is 0 Å². The van der Waals surface area contributed by atoms with E-state index in [9.17, 15) is 0 Å². The van der Waals surface area contributed by atoms with Crippen molar-refractivity contribution in [3.63, 3.8) is 0 Å². The Morgan fingerprint density at radius 2 is 1.39 bits per heavy atom. The first kappa shape index (κ1) is 25.2. The van der Waals surface area contributed by atoms with E-state index >= 15 is 0 Å². The van der Waals surface area contributed by atoms with Crippen molar-refractivity contribution in [3.05, 3.63) is 18.0 Å². The van der Waals surface area contributed by atoms with Crippen LogP contribution in [0.1, 0.15) is 90.8 Å². The number of rotatable bonds is 16. The Hall–Kier alpha value is -2.04. The van der Waals surface area contributed by atoms with Crippen LogP contribution in [0.15, 0.2) is 12.1 Å². The molecular formula is C26H43N3O2. The second-order valence-electron chi connectivity index (χ2n) is 8.92. The van der Waals surface area contributed by atoms with Gasteiger partial charge in [0, 0.05) is 24.4 Å². The number of fused-ring (bicyclic) bond motifs is 1. The normalized spacial score (nSPS) is 11.3. The summed E-state index contributed by atoms with van der Waals surface area (Å²) in [5, 5.41) is 4.55. The third-order valence-corrected chi connectivity index (χ3v) is 5.66. The Bertz CT molecular complexity index is 777. The zero-order chi connectivity index (χ0) is 22.5. The first-order valence-electron chi connectivity index (χ1n) is 12.3. The number of hydrogen-bond acceptors (Lipinski definition) is 5. The highest BCUT2D eigenvalue weighted by Crippen LogP contribution is 2.34. The molecule has 0 bridgehead atoms. The predicted octanol–water partition coefficient (Wildman–Crippen LogP) is 7.18. The second-order valence-corrected chi connectivity index (χ2v) is 8.92. The van der Waals surface area contributed by atoms with Gasteiger partial charge in [-0.1, -0.05) is 78.6 Å². The fourth-order valence-electron chi connectivity index (χ4n) is 3.91. The van der Waals surface area contributed by atoms with Crippen molar-refractivity contribution in [1.29, 1.82) is 0 Å². The van der Waals surface area contributed by atoms with Crippen molar-refractivity contribution in [1.82, 2.24) is 9.97 Å². The molecule has 0 unspecified atom stereocenters. The number of nitrogens with zero attached hydrogens (tertiary/aromatic N) is 2. The summed E-state index contributed by atoms with van der Waals surface area (Å²) in [4.78, 5) is 9.61. The smallest absolute Gasteiger partial charge is 0.162 e. The summed E-state index contributed by atoms with van der Waals surface area (Å²) >= 11 is 0. The van der Waals surface area contributed by atoms with Crippen LogP contribution >= 0.6 is 0 Å². The fraction of sp³-hybridized carbons (Fsp3) is 0.692. The maximum absolute atomic E-state index is 5.50. The molecule has 0 atom stereocenters. The van der Waals surface area contributed by atoms with Gasteiger partial charge in [0.15, 0.2) is 11.5 Å². The van der Waals surface area contributed by atoms with Gasteiger partial charge in [0.1, 0.15) is 11.6 Å². The number of aromatic nitrogens is 2. The minimum Gasteiger partial charge on any atom is -0.493 e. The fourth-order valence-corrected chi connectivity index (χ4v) is 3.91. The first-order valence-corrected chi connectivity index (χ1v) is 12.3. The van der Waals surface area contributed by atoms with Crippen LogP contribution in [0.3, 0.4) is 0 Å². The van der Waals surface area contributed by atoms with E-state index in [1.54, 1.807) is 14.2 Å². The van der Waals surface area contributed by atoms with E-state index in [0.29, 0.717) is 17.4 Å². The molecule has 0 spiro atoms. The monoisotopic (exact) mass is 429 g/mol. The number of methoxy groups -OCH3 is 2. The third-order valence-electron chi connectivity index (χ3n) is 5.66. The summed E-state index contributed by atoms with van der Waals surface area (Å²) in [5.74, 6) is 3.69. The maximum atomic E-state index is 5.50. The molecule has 0 saturated carbocycles. The third kappa shape index (κ3) is 8.54. The van der Waals surface area contributed by atoms with Gasteiger partial charge in [-0.3, -0.25) is 0 Å². The van der Waals surface area contributed by atoms with Gasteiger partial charge >= 0.3 is 0 Å². The summed E-state index contributed by atoms with van der Waals surface area (Å²) in [7, 11) is 3.32. The zero-order valence-electron chi connectivity index (χ0n) is 20.4. The highest BCUT2D eigenvalue weighted by atomic mass is 16.5. The molecule has 174 valence electrons. The molecule has 31 heavy (non-hydrogen) atoms. The molecule has 0 aliphatic rings. The molecule has 1 aromatic carbocycles. The van der Waals surface area contributed by atoms with E-state index in [0.717, 1.165) is 41.9 Å². The van der Waals surface area contributed by atoms with Crippen LogP contribution in [0.25, 0.3) is 10.9 Å². The van der Waals surface area contributed by atoms with Gasteiger partial charge in [-0.05, 0) is 18.4 Å². The average molecular weight is 430 g/mol. The highest BCUT2D eigenvalue weighted by Gasteiger charge is 2.14. The second kappa shape index (κ2) is 14.1. The largest absolute Gasteiger partial charge is 0.493 e. The Morgan fingerprint density at radius 1 is 0.806 bits per heavy atom. The van der Waals surface area contributed by atoms with Crippen molar-refractivity contribution in [2.75, 3.05) is 26.1 Å². The highest BCUT2D eigenvalue weighted by molar-refractivity contribution is 5.91. The Morgan fingerprint density at radius 3 is 1.97 bits per heavy atom. The summed E-state index contributed by atoms with van der Waals surface area (Å²) in [6.45, 7) is 7.59. The molecule has 2 rings (SSSR count). The molecule has 2 aromatic rings. The van der Waals surface area contributed by atoms with Crippen molar-refractivity contribution in [2.45, 2.75) is 91.4 Å². The predicted molar refractivity (Wildman–Crippen MR) is 132 cm³/mol. The Kier molecular flexibility index (Phi) is 11.5. The minimum absolute atomic E-state index is 0.507. The molecule has 0 amide bonds. The van der Waals surface area contributed by atoms with Gasteiger partial charge in [-0.2, -0.15) is 0 Å². The van der Waals surface area contributed by atoms with E-state index in [4.69, 9.17) is 19.4 Å². The van der Waals surface area contributed by atoms with Crippen molar-refractivity contribution < 1.29 is 9.47 Å². The summed E-state index contributed by atoms with van der Waals surface area (Å²) < 4.78 is 11.0. The molecule has 1 heterocycles. The summed E-state index contributed by atoms with van der Waals surface area (Å²) in [6, 6.07) is 3.93. The van der Waals surface area contributed by atoms with Crippen LogP contribution in [0.5, 0.6) is 11.5 Å². The van der Waals surface area contributed by atoms with E-state index < -0.39 is 0 Å². The summed E-state index contributed by atoms with van der Waals surface area (Å²) in [6.07, 6.45) is 14.3. The molecule has 1 aromatic heterocycles. The lowest BCUT2D eigenvalue weighted by atomic mass is 10.1. The molecular weight excluding hydrogens is 386 g/mol. The van der Waals surface area contributed by atoms with Crippen LogP contribution in [0.2, 0.25) is 0 Å². The Labute approximate surface area is 189 Å². The van der Waals surface area contributed by atoms with Crippen molar-refractivity contribution in [2.24, 2.45) is 5.92 Å². The molecule has 1 N–H and O–H groups in total. The molecule has 5 heteroatoms. The minimum atomic E-state index is 0.507. The van der Waals surface area contributed by atoms with Crippen LogP contribution < -0.4 is 14.8 Å². The quantitative estimate of drug-likeness (QED) is 0.286. The SMILES string of the molecule is CCCCCCCCCCCCNc1nc(CC(C)C)nc2cc(OC)c(OC)cc12. The maximum Gasteiger partial charge on any atom is 0.162 e.